The van der Waals surface area contributed by atoms with Crippen molar-refractivity contribution in [2.75, 3.05) is 5.32 Å². The third-order valence-electron chi connectivity index (χ3n) is 5.06. The van der Waals surface area contributed by atoms with E-state index in [2.05, 4.69) is 43.3 Å². The highest BCUT2D eigenvalue weighted by molar-refractivity contribution is 6.02. The lowest BCUT2D eigenvalue weighted by Crippen LogP contribution is -2.23. The average molecular weight is 391 g/mol. The van der Waals surface area contributed by atoms with E-state index >= 15 is 0 Å². The molecule has 0 aliphatic carbocycles. The Balaban J connectivity index is 1.65. The molecule has 3 aromatic rings. The van der Waals surface area contributed by atoms with Crippen LogP contribution in [0.25, 0.3) is 0 Å². The summed E-state index contributed by atoms with van der Waals surface area (Å²) in [4.78, 5) is 23.6. The van der Waals surface area contributed by atoms with E-state index in [0.717, 1.165) is 16.9 Å². The van der Waals surface area contributed by atoms with Gasteiger partial charge in [-0.1, -0.05) is 32.9 Å². The van der Waals surface area contributed by atoms with Gasteiger partial charge in [-0.05, 0) is 59.9 Å². The zero-order valence-corrected chi connectivity index (χ0v) is 17.1. The van der Waals surface area contributed by atoms with Crippen LogP contribution < -0.4 is 15.6 Å². The summed E-state index contributed by atoms with van der Waals surface area (Å²) in [5.74, 6) is 1.04. The number of hydrogen-bond acceptors (Lipinski definition) is 4. The molecule has 0 unspecified atom stereocenters. The predicted molar refractivity (Wildman–Crippen MR) is 114 cm³/mol. The molecule has 0 atom stereocenters. The molecule has 1 heterocycles. The molecule has 6 nitrogen and oxygen atoms in total. The molecule has 1 aromatic heterocycles. The number of anilines is 1. The van der Waals surface area contributed by atoms with Crippen LogP contribution in [0.5, 0.6) is 11.5 Å². The van der Waals surface area contributed by atoms with Crippen LogP contribution in [0.15, 0.2) is 65.5 Å². The molecule has 150 valence electrons. The molecule has 29 heavy (non-hydrogen) atoms. The number of nitrogens with one attached hydrogen (secondary N) is 1. The third-order valence-corrected chi connectivity index (χ3v) is 5.06. The molecule has 2 aromatic carbocycles. The second-order valence-electron chi connectivity index (χ2n) is 7.52. The Hall–Kier alpha value is -3.41. The van der Waals surface area contributed by atoms with Crippen LogP contribution in [0.1, 0.15) is 43.2 Å². The smallest absolute Gasteiger partial charge is 0.276 e. The van der Waals surface area contributed by atoms with Gasteiger partial charge in [0.15, 0.2) is 0 Å². The number of hydrogen-bond donors (Lipinski definition) is 1. The molecule has 6 heteroatoms. The fraction of sp³-hybridized carbons (Fsp3) is 0.261. The topological polar surface area (TPSA) is 73.2 Å². The largest absolute Gasteiger partial charge is 0.457 e. The predicted octanol–water partition coefficient (Wildman–Crippen LogP) is 4.51. The van der Waals surface area contributed by atoms with Gasteiger partial charge in [-0.25, -0.2) is 4.68 Å². The SMILES string of the molecule is CCC(C)(C)c1ccc(Oc2ccc(NC(=O)c3ccc(=O)n(C)n3)cc2)cc1. The lowest BCUT2D eigenvalue weighted by molar-refractivity contribution is 0.102. The van der Waals surface area contributed by atoms with Crippen molar-refractivity contribution < 1.29 is 9.53 Å². The fourth-order valence-corrected chi connectivity index (χ4v) is 2.74. The molecule has 0 bridgehead atoms. The minimum Gasteiger partial charge on any atom is -0.457 e. The molecular weight excluding hydrogens is 366 g/mol. The maximum atomic E-state index is 12.3. The summed E-state index contributed by atoms with van der Waals surface area (Å²) in [6.07, 6.45) is 1.06. The molecule has 0 fully saturated rings. The average Bonchev–Trinajstić information content (AvgIpc) is 2.72. The van der Waals surface area contributed by atoms with Crippen molar-refractivity contribution in [2.24, 2.45) is 7.05 Å². The number of aryl methyl sites for hydroxylation is 1. The van der Waals surface area contributed by atoms with Crippen LogP contribution in [0.3, 0.4) is 0 Å². The van der Waals surface area contributed by atoms with Gasteiger partial charge in [0.1, 0.15) is 17.2 Å². The Labute approximate surface area is 170 Å². The van der Waals surface area contributed by atoms with Crippen molar-refractivity contribution in [1.82, 2.24) is 9.78 Å². The van der Waals surface area contributed by atoms with Crippen LogP contribution in [0.2, 0.25) is 0 Å². The molecular formula is C23H25N3O3. The molecule has 1 amide bonds. The highest BCUT2D eigenvalue weighted by Gasteiger charge is 2.17. The van der Waals surface area contributed by atoms with E-state index in [1.165, 1.54) is 24.7 Å². The van der Waals surface area contributed by atoms with Crippen molar-refractivity contribution in [1.29, 1.82) is 0 Å². The quantitative estimate of drug-likeness (QED) is 0.671. The van der Waals surface area contributed by atoms with E-state index in [4.69, 9.17) is 4.74 Å². The molecule has 0 saturated heterocycles. The Morgan fingerprint density at radius 1 is 1.00 bits per heavy atom. The first-order valence-corrected chi connectivity index (χ1v) is 9.53. The van der Waals surface area contributed by atoms with Gasteiger partial charge in [0.25, 0.3) is 11.5 Å². The third kappa shape index (κ3) is 4.90. The van der Waals surface area contributed by atoms with Crippen molar-refractivity contribution in [3.8, 4) is 11.5 Å². The molecule has 0 spiro atoms. The van der Waals surface area contributed by atoms with Crippen molar-refractivity contribution in [2.45, 2.75) is 32.6 Å². The maximum absolute atomic E-state index is 12.3. The molecule has 1 N–H and O–H groups in total. The summed E-state index contributed by atoms with van der Waals surface area (Å²) < 4.78 is 7.01. The minimum absolute atomic E-state index is 0.137. The van der Waals surface area contributed by atoms with Crippen molar-refractivity contribution >= 4 is 11.6 Å². The summed E-state index contributed by atoms with van der Waals surface area (Å²) in [5, 5.41) is 6.69. The number of carbonyl (C=O) groups excluding carboxylic acids is 1. The van der Waals surface area contributed by atoms with Gasteiger partial charge >= 0.3 is 0 Å². The summed E-state index contributed by atoms with van der Waals surface area (Å²) in [5.41, 5.74) is 1.92. The van der Waals surface area contributed by atoms with E-state index in [1.54, 1.807) is 24.3 Å². The summed E-state index contributed by atoms with van der Waals surface area (Å²) >= 11 is 0. The summed E-state index contributed by atoms with van der Waals surface area (Å²) in [7, 11) is 1.50. The van der Waals surface area contributed by atoms with Gasteiger partial charge in [-0.3, -0.25) is 9.59 Å². The first-order valence-electron chi connectivity index (χ1n) is 9.53. The van der Waals surface area contributed by atoms with E-state index in [0.29, 0.717) is 11.4 Å². The Morgan fingerprint density at radius 3 is 2.14 bits per heavy atom. The van der Waals surface area contributed by atoms with Crippen molar-refractivity contribution in [3.63, 3.8) is 0 Å². The highest BCUT2D eigenvalue weighted by Crippen LogP contribution is 2.29. The monoisotopic (exact) mass is 391 g/mol. The Bertz CT molecular complexity index is 1050. The first kappa shape index (κ1) is 20.3. The van der Waals surface area contributed by atoms with E-state index in [-0.39, 0.29) is 22.6 Å². The highest BCUT2D eigenvalue weighted by atomic mass is 16.5. The molecule has 3 rings (SSSR count). The van der Waals surface area contributed by atoms with Gasteiger partial charge < -0.3 is 10.1 Å². The molecule has 0 aliphatic rings. The molecule has 0 radical (unpaired) electrons. The van der Waals surface area contributed by atoms with E-state index < -0.39 is 0 Å². The van der Waals surface area contributed by atoms with Gasteiger partial charge in [0.05, 0.1) is 0 Å². The number of amides is 1. The Kier molecular flexibility index (Phi) is 5.82. The summed E-state index contributed by atoms with van der Waals surface area (Å²) in [6, 6.07) is 17.9. The number of nitrogens with zero attached hydrogens (tertiary/aromatic N) is 2. The Morgan fingerprint density at radius 2 is 1.59 bits per heavy atom. The van der Waals surface area contributed by atoms with Crippen LogP contribution in [-0.4, -0.2) is 15.7 Å². The number of aromatic nitrogens is 2. The van der Waals surface area contributed by atoms with Gasteiger partial charge in [0, 0.05) is 18.8 Å². The van der Waals surface area contributed by atoms with Crippen LogP contribution >= 0.6 is 0 Å². The normalized spacial score (nSPS) is 11.2. The van der Waals surface area contributed by atoms with Crippen LogP contribution in [0, 0.1) is 0 Å². The van der Waals surface area contributed by atoms with Gasteiger partial charge in [-0.2, -0.15) is 5.10 Å². The standard InChI is InChI=1S/C23H25N3O3/c1-5-23(2,3)16-6-10-18(11-7-16)29-19-12-8-17(9-13-19)24-22(28)20-14-15-21(27)26(4)25-20/h6-15H,5H2,1-4H3,(H,24,28). The number of benzene rings is 2. The first-order chi connectivity index (χ1) is 13.8. The van der Waals surface area contributed by atoms with Crippen LogP contribution in [0.4, 0.5) is 5.69 Å². The van der Waals surface area contributed by atoms with Crippen molar-refractivity contribution in [3.05, 3.63) is 82.3 Å². The van der Waals surface area contributed by atoms with E-state index in [9.17, 15) is 9.59 Å². The second kappa shape index (κ2) is 8.31. The number of ether oxygens (including phenoxy) is 1. The lowest BCUT2D eigenvalue weighted by Gasteiger charge is -2.23. The zero-order chi connectivity index (χ0) is 21.0. The number of rotatable bonds is 6. The van der Waals surface area contributed by atoms with E-state index in [1.807, 2.05) is 12.1 Å². The fourth-order valence-electron chi connectivity index (χ4n) is 2.74. The minimum atomic E-state index is -0.386. The summed E-state index contributed by atoms with van der Waals surface area (Å²) in [6.45, 7) is 6.63. The van der Waals surface area contributed by atoms with Gasteiger partial charge in [-0.15, -0.1) is 0 Å². The maximum Gasteiger partial charge on any atom is 0.276 e. The van der Waals surface area contributed by atoms with Crippen LogP contribution in [-0.2, 0) is 12.5 Å². The zero-order valence-electron chi connectivity index (χ0n) is 17.1. The van der Waals surface area contributed by atoms with Gasteiger partial charge in [0.2, 0.25) is 0 Å². The molecule has 0 aliphatic heterocycles. The molecule has 0 saturated carbocycles. The number of carbonyl (C=O) groups is 1. The lowest BCUT2D eigenvalue weighted by atomic mass is 9.82. The second-order valence-corrected chi connectivity index (χ2v) is 7.52.